The predicted octanol–water partition coefficient (Wildman–Crippen LogP) is -0.730. The van der Waals surface area contributed by atoms with Gasteiger partial charge in [-0.1, -0.05) is 0 Å². The Bertz CT molecular complexity index is 268. The standard InChI is InChI=1S/C8H13NO6/c1-13-7(12)8(14-2)4-5(9-15-8)3-6(10)11/h5,9H,3-4H2,1-2H3,(H,10,11)/t5-,8+/m1/s1. The largest absolute Gasteiger partial charge is 0.481 e. The SMILES string of the molecule is COC(=O)[C@]1(OC)C[C@@H](CC(=O)O)NO1. The fourth-order valence-corrected chi connectivity index (χ4v) is 1.40. The van der Waals surface area contributed by atoms with Crippen LogP contribution in [0.4, 0.5) is 0 Å². The Balaban J connectivity index is 2.64. The van der Waals surface area contributed by atoms with Crippen LogP contribution in [0.15, 0.2) is 0 Å². The van der Waals surface area contributed by atoms with Crippen LogP contribution in [0.2, 0.25) is 0 Å². The van der Waals surface area contributed by atoms with Crippen LogP contribution >= 0.6 is 0 Å². The number of nitrogens with one attached hydrogen (secondary N) is 1. The maximum Gasteiger partial charge on any atom is 0.368 e. The maximum atomic E-state index is 11.3. The van der Waals surface area contributed by atoms with Gasteiger partial charge in [-0.3, -0.25) is 9.63 Å². The van der Waals surface area contributed by atoms with Gasteiger partial charge in [0.1, 0.15) is 0 Å². The van der Waals surface area contributed by atoms with Crippen molar-refractivity contribution in [2.24, 2.45) is 0 Å². The van der Waals surface area contributed by atoms with Crippen LogP contribution in [0.5, 0.6) is 0 Å². The van der Waals surface area contributed by atoms with E-state index in [0.29, 0.717) is 0 Å². The van der Waals surface area contributed by atoms with Gasteiger partial charge in [0, 0.05) is 19.6 Å². The average Bonchev–Trinajstić information content (AvgIpc) is 2.60. The third-order valence-electron chi connectivity index (χ3n) is 2.15. The van der Waals surface area contributed by atoms with E-state index in [0.717, 1.165) is 0 Å². The summed E-state index contributed by atoms with van der Waals surface area (Å²) in [5, 5.41) is 8.56. The Kier molecular flexibility index (Phi) is 3.61. The zero-order valence-electron chi connectivity index (χ0n) is 8.48. The second-order valence-corrected chi connectivity index (χ2v) is 3.17. The zero-order chi connectivity index (χ0) is 11.5. The summed E-state index contributed by atoms with van der Waals surface area (Å²) in [6.07, 6.45) is -0.0510. The summed E-state index contributed by atoms with van der Waals surface area (Å²) < 4.78 is 9.42. The van der Waals surface area contributed by atoms with E-state index in [9.17, 15) is 9.59 Å². The Labute approximate surface area is 86.2 Å². The van der Waals surface area contributed by atoms with Gasteiger partial charge in [0.25, 0.3) is 5.79 Å². The number of hydrogen-bond acceptors (Lipinski definition) is 6. The number of ether oxygens (including phenoxy) is 2. The van der Waals surface area contributed by atoms with Crippen molar-refractivity contribution in [3.63, 3.8) is 0 Å². The van der Waals surface area contributed by atoms with E-state index in [4.69, 9.17) is 14.7 Å². The summed E-state index contributed by atoms with van der Waals surface area (Å²) in [6, 6.07) is -0.471. The Hall–Kier alpha value is -1.18. The second kappa shape index (κ2) is 4.56. The van der Waals surface area contributed by atoms with E-state index < -0.39 is 23.8 Å². The molecule has 86 valence electrons. The van der Waals surface area contributed by atoms with Crippen molar-refractivity contribution in [1.82, 2.24) is 5.48 Å². The molecule has 2 N–H and O–H groups in total. The number of carbonyl (C=O) groups excluding carboxylic acids is 1. The summed E-state index contributed by atoms with van der Waals surface area (Å²) >= 11 is 0. The highest BCUT2D eigenvalue weighted by atomic mass is 16.8. The monoisotopic (exact) mass is 219 g/mol. The molecule has 1 aliphatic heterocycles. The molecule has 0 aliphatic carbocycles. The normalized spacial score (nSPS) is 30.1. The molecule has 15 heavy (non-hydrogen) atoms. The first kappa shape index (κ1) is 11.9. The number of aliphatic carboxylic acids is 1. The molecule has 0 spiro atoms. The van der Waals surface area contributed by atoms with Crippen LogP contribution in [0.3, 0.4) is 0 Å². The van der Waals surface area contributed by atoms with E-state index in [-0.39, 0.29) is 12.8 Å². The molecule has 0 saturated carbocycles. The van der Waals surface area contributed by atoms with Crippen molar-refractivity contribution >= 4 is 11.9 Å². The molecule has 0 bridgehead atoms. The van der Waals surface area contributed by atoms with Gasteiger partial charge in [0.15, 0.2) is 0 Å². The average molecular weight is 219 g/mol. The molecule has 1 heterocycles. The highest BCUT2D eigenvalue weighted by Gasteiger charge is 2.49. The molecular formula is C8H13NO6. The molecule has 0 amide bonds. The number of rotatable bonds is 4. The van der Waals surface area contributed by atoms with E-state index in [1.807, 2.05) is 0 Å². The van der Waals surface area contributed by atoms with Gasteiger partial charge in [-0.15, -0.1) is 0 Å². The number of carboxylic acid groups (broad SMARTS) is 1. The molecule has 0 unspecified atom stereocenters. The first-order chi connectivity index (χ1) is 7.04. The fourth-order valence-electron chi connectivity index (χ4n) is 1.40. The molecule has 2 atom stereocenters. The minimum Gasteiger partial charge on any atom is -0.481 e. The summed E-state index contributed by atoms with van der Waals surface area (Å²) in [5.41, 5.74) is 2.44. The van der Waals surface area contributed by atoms with Crippen LogP contribution < -0.4 is 5.48 Å². The quantitative estimate of drug-likeness (QED) is 0.602. The van der Waals surface area contributed by atoms with Crippen molar-refractivity contribution in [1.29, 1.82) is 0 Å². The Morgan fingerprint density at radius 3 is 2.73 bits per heavy atom. The van der Waals surface area contributed by atoms with Crippen molar-refractivity contribution in [2.45, 2.75) is 24.7 Å². The topological polar surface area (TPSA) is 94.1 Å². The molecule has 1 saturated heterocycles. The molecule has 1 rings (SSSR count). The lowest BCUT2D eigenvalue weighted by atomic mass is 10.1. The molecular weight excluding hydrogens is 206 g/mol. The zero-order valence-corrected chi connectivity index (χ0v) is 8.48. The smallest absolute Gasteiger partial charge is 0.368 e. The highest BCUT2D eigenvalue weighted by molar-refractivity contribution is 5.78. The van der Waals surface area contributed by atoms with Crippen LogP contribution in [0.25, 0.3) is 0 Å². The van der Waals surface area contributed by atoms with E-state index >= 15 is 0 Å². The molecule has 7 nitrogen and oxygen atoms in total. The maximum absolute atomic E-state index is 11.3. The first-order valence-corrected chi connectivity index (χ1v) is 4.33. The van der Waals surface area contributed by atoms with Gasteiger partial charge < -0.3 is 14.6 Å². The van der Waals surface area contributed by atoms with Crippen molar-refractivity contribution in [3.05, 3.63) is 0 Å². The second-order valence-electron chi connectivity index (χ2n) is 3.17. The third kappa shape index (κ3) is 2.44. The molecule has 1 aliphatic rings. The van der Waals surface area contributed by atoms with E-state index in [1.165, 1.54) is 14.2 Å². The summed E-state index contributed by atoms with van der Waals surface area (Å²) in [5.74, 6) is -3.20. The minimum absolute atomic E-state index is 0.0997. The third-order valence-corrected chi connectivity index (χ3v) is 2.15. The van der Waals surface area contributed by atoms with Gasteiger partial charge in [-0.05, 0) is 0 Å². The van der Waals surface area contributed by atoms with Gasteiger partial charge >= 0.3 is 11.9 Å². The number of esters is 1. The van der Waals surface area contributed by atoms with E-state index in [2.05, 4.69) is 10.2 Å². The van der Waals surface area contributed by atoms with Crippen LogP contribution in [-0.2, 0) is 23.9 Å². The summed E-state index contributed by atoms with van der Waals surface area (Å²) in [4.78, 5) is 26.7. The van der Waals surface area contributed by atoms with Crippen molar-refractivity contribution in [3.8, 4) is 0 Å². The van der Waals surface area contributed by atoms with Gasteiger partial charge in [0.2, 0.25) is 0 Å². The number of carboxylic acids is 1. The molecule has 0 aromatic rings. The molecule has 7 heteroatoms. The fraction of sp³-hybridized carbons (Fsp3) is 0.750. The number of hydroxylamine groups is 1. The van der Waals surface area contributed by atoms with E-state index in [1.54, 1.807) is 0 Å². The highest BCUT2D eigenvalue weighted by Crippen LogP contribution is 2.27. The first-order valence-electron chi connectivity index (χ1n) is 4.33. The van der Waals surface area contributed by atoms with Gasteiger partial charge in [-0.2, -0.15) is 5.48 Å². The number of hydrogen-bond donors (Lipinski definition) is 2. The molecule has 1 fully saturated rings. The van der Waals surface area contributed by atoms with Crippen LogP contribution in [-0.4, -0.2) is 43.1 Å². The summed E-state index contributed by atoms with van der Waals surface area (Å²) in [6.45, 7) is 0. The van der Waals surface area contributed by atoms with Crippen LogP contribution in [0.1, 0.15) is 12.8 Å². The molecule has 0 aromatic heterocycles. The lowest BCUT2D eigenvalue weighted by molar-refractivity contribution is -0.235. The molecule has 0 radical (unpaired) electrons. The Morgan fingerprint density at radius 2 is 2.27 bits per heavy atom. The van der Waals surface area contributed by atoms with Crippen LogP contribution in [0, 0.1) is 0 Å². The lowest BCUT2D eigenvalue weighted by Crippen LogP contribution is -2.42. The molecule has 0 aromatic carbocycles. The summed E-state index contributed by atoms with van der Waals surface area (Å²) in [7, 11) is 2.50. The number of methoxy groups -OCH3 is 2. The minimum atomic E-state index is -1.53. The van der Waals surface area contributed by atoms with Gasteiger partial charge in [-0.25, -0.2) is 4.79 Å². The lowest BCUT2D eigenvalue weighted by Gasteiger charge is -2.21. The van der Waals surface area contributed by atoms with Crippen molar-refractivity contribution < 1.29 is 29.0 Å². The van der Waals surface area contributed by atoms with Gasteiger partial charge in [0.05, 0.1) is 13.5 Å². The van der Waals surface area contributed by atoms with Crippen molar-refractivity contribution in [2.75, 3.05) is 14.2 Å². The number of carbonyl (C=O) groups is 2. The Morgan fingerprint density at radius 1 is 1.60 bits per heavy atom. The predicted molar refractivity (Wildman–Crippen MR) is 46.6 cm³/mol.